The summed E-state index contributed by atoms with van der Waals surface area (Å²) in [7, 11) is 0. The lowest BCUT2D eigenvalue weighted by Crippen LogP contribution is -2.50. The molecule has 3 heteroatoms. The summed E-state index contributed by atoms with van der Waals surface area (Å²) in [5, 5.41) is 20.9. The molecule has 0 radical (unpaired) electrons. The highest BCUT2D eigenvalue weighted by atomic mass is 19.1. The van der Waals surface area contributed by atoms with Crippen molar-refractivity contribution in [1.82, 2.24) is 0 Å². The maximum Gasteiger partial charge on any atom is 0.123 e. The van der Waals surface area contributed by atoms with Gasteiger partial charge in [0.2, 0.25) is 0 Å². The van der Waals surface area contributed by atoms with Gasteiger partial charge in [-0.15, -0.1) is 0 Å². The summed E-state index contributed by atoms with van der Waals surface area (Å²) in [5.41, 5.74) is 3.08. The summed E-state index contributed by atoms with van der Waals surface area (Å²) in [6.07, 6.45) is 13.2. The molecular formula is C28H39FO2. The number of halogens is 1. The predicted molar refractivity (Wildman–Crippen MR) is 122 cm³/mol. The fraction of sp³-hybridized carbons (Fsp3) is 0.714. The number of rotatable bonds is 4. The first-order chi connectivity index (χ1) is 14.8. The molecule has 1 aromatic carbocycles. The highest BCUT2D eigenvalue weighted by Gasteiger charge is 2.58. The van der Waals surface area contributed by atoms with E-state index in [0.717, 1.165) is 55.4 Å². The number of benzene rings is 1. The van der Waals surface area contributed by atoms with Crippen LogP contribution in [0.25, 0.3) is 0 Å². The smallest absolute Gasteiger partial charge is 0.123 e. The lowest BCUT2D eigenvalue weighted by Gasteiger charge is -2.58. The van der Waals surface area contributed by atoms with Gasteiger partial charge in [-0.2, -0.15) is 0 Å². The second-order valence-corrected chi connectivity index (χ2v) is 11.6. The van der Waals surface area contributed by atoms with Crippen LogP contribution in [0.4, 0.5) is 4.39 Å². The number of hydrogen-bond acceptors (Lipinski definition) is 2. The van der Waals surface area contributed by atoms with Crippen LogP contribution in [0, 0.1) is 40.3 Å². The Morgan fingerprint density at radius 3 is 2.58 bits per heavy atom. The van der Waals surface area contributed by atoms with E-state index in [0.29, 0.717) is 16.7 Å². The summed E-state index contributed by atoms with van der Waals surface area (Å²) in [5.74, 6) is 2.79. The van der Waals surface area contributed by atoms with Crippen molar-refractivity contribution in [3.05, 3.63) is 47.3 Å². The predicted octanol–water partition coefficient (Wildman–Crippen LogP) is 6.58. The zero-order valence-electron chi connectivity index (χ0n) is 19.2. The zero-order valence-corrected chi connectivity index (χ0v) is 19.2. The van der Waals surface area contributed by atoms with Crippen molar-refractivity contribution in [3.8, 4) is 0 Å². The lowest BCUT2D eigenvalue weighted by molar-refractivity contribution is -0.0519. The van der Waals surface area contributed by atoms with Crippen LogP contribution in [0.1, 0.15) is 89.7 Å². The molecule has 2 N–H and O–H groups in total. The number of hydrogen-bond donors (Lipinski definition) is 2. The van der Waals surface area contributed by atoms with Crippen LogP contribution in [-0.2, 0) is 0 Å². The molecule has 2 nitrogen and oxygen atoms in total. The molecule has 0 heterocycles. The quantitative estimate of drug-likeness (QED) is 0.534. The monoisotopic (exact) mass is 426 g/mol. The molecule has 0 spiro atoms. The lowest BCUT2D eigenvalue weighted by atomic mass is 9.47. The van der Waals surface area contributed by atoms with Gasteiger partial charge in [-0.05, 0) is 116 Å². The molecule has 3 fully saturated rings. The van der Waals surface area contributed by atoms with Crippen molar-refractivity contribution < 1.29 is 14.6 Å². The van der Waals surface area contributed by atoms with E-state index in [1.54, 1.807) is 17.7 Å². The molecule has 6 unspecified atom stereocenters. The molecule has 0 bridgehead atoms. The molecule has 4 aliphatic rings. The molecule has 0 aromatic heterocycles. The summed E-state index contributed by atoms with van der Waals surface area (Å²) in [6.45, 7) is 5.04. The van der Waals surface area contributed by atoms with Crippen LogP contribution in [0.15, 0.2) is 35.9 Å². The third-order valence-corrected chi connectivity index (χ3v) is 10.3. The third kappa shape index (κ3) is 3.60. The molecule has 0 aliphatic heterocycles. The van der Waals surface area contributed by atoms with Crippen LogP contribution < -0.4 is 0 Å². The topological polar surface area (TPSA) is 40.5 Å². The summed E-state index contributed by atoms with van der Waals surface area (Å²) in [6, 6.07) is 6.33. The molecule has 170 valence electrons. The van der Waals surface area contributed by atoms with Crippen molar-refractivity contribution in [2.24, 2.45) is 34.5 Å². The van der Waals surface area contributed by atoms with Gasteiger partial charge < -0.3 is 10.2 Å². The number of allylic oxidation sites excluding steroid dienone is 1. The van der Waals surface area contributed by atoms with Crippen LogP contribution >= 0.6 is 0 Å². The second kappa shape index (κ2) is 7.99. The normalized spacial score (nSPS) is 42.9. The fourth-order valence-corrected chi connectivity index (χ4v) is 8.44. The molecule has 4 aliphatic carbocycles. The van der Waals surface area contributed by atoms with Crippen molar-refractivity contribution in [1.29, 1.82) is 0 Å². The Hall–Kier alpha value is -1.19. The van der Waals surface area contributed by atoms with Crippen LogP contribution in [0.5, 0.6) is 0 Å². The van der Waals surface area contributed by atoms with Crippen LogP contribution in [0.3, 0.4) is 0 Å². The van der Waals surface area contributed by atoms with E-state index in [2.05, 4.69) is 19.9 Å². The summed E-state index contributed by atoms with van der Waals surface area (Å²) < 4.78 is 13.2. The molecule has 0 saturated heterocycles. The van der Waals surface area contributed by atoms with Crippen molar-refractivity contribution in [2.75, 3.05) is 0 Å². The third-order valence-electron chi connectivity index (χ3n) is 10.3. The van der Waals surface area contributed by atoms with E-state index in [1.165, 1.54) is 44.2 Å². The van der Waals surface area contributed by atoms with Crippen LogP contribution in [0.2, 0.25) is 0 Å². The van der Waals surface area contributed by atoms with Crippen LogP contribution in [-0.4, -0.2) is 16.3 Å². The average Bonchev–Trinajstić information content (AvgIpc) is 3.09. The second-order valence-electron chi connectivity index (χ2n) is 11.6. The maximum absolute atomic E-state index is 13.2. The van der Waals surface area contributed by atoms with Gasteiger partial charge in [0.05, 0.1) is 12.2 Å². The van der Waals surface area contributed by atoms with Gasteiger partial charge in [0, 0.05) is 0 Å². The Morgan fingerprint density at radius 2 is 1.81 bits per heavy atom. The highest BCUT2D eigenvalue weighted by molar-refractivity contribution is 5.25. The maximum atomic E-state index is 13.2. The van der Waals surface area contributed by atoms with Gasteiger partial charge in [-0.3, -0.25) is 0 Å². The fourth-order valence-electron chi connectivity index (χ4n) is 8.44. The SMILES string of the molecule is CC12CC[C@H](O)CC1=CC[C@@H]1C2CCC2(C)C(CCC(O)c3ccc(F)cc3)CCC12. The Kier molecular flexibility index (Phi) is 5.58. The Labute approximate surface area is 187 Å². The molecule has 1 aromatic rings. The van der Waals surface area contributed by atoms with Gasteiger partial charge in [0.15, 0.2) is 0 Å². The minimum Gasteiger partial charge on any atom is -0.393 e. The summed E-state index contributed by atoms with van der Waals surface area (Å²) >= 11 is 0. The Morgan fingerprint density at radius 1 is 1.03 bits per heavy atom. The van der Waals surface area contributed by atoms with Crippen molar-refractivity contribution in [2.45, 2.75) is 90.3 Å². The molecule has 3 saturated carbocycles. The number of aliphatic hydroxyl groups is 2. The number of aliphatic hydroxyl groups excluding tert-OH is 2. The molecule has 8 atom stereocenters. The van der Waals surface area contributed by atoms with Gasteiger partial charge in [-0.25, -0.2) is 4.39 Å². The van der Waals surface area contributed by atoms with Crippen molar-refractivity contribution in [3.63, 3.8) is 0 Å². The standard InChI is InChI=1S/C28H39FO2/c1-27-16-14-25-23(10-5-20-17-22(30)13-15-28(20,25)2)24(27)11-6-19(27)7-12-26(31)18-3-8-21(29)9-4-18/h3-5,8-9,19,22-26,30-31H,6-7,10-17H2,1-2H3/t19?,22-,23-,24?,25?,26?,27?,28?/m0/s1. The van der Waals surface area contributed by atoms with E-state index in [1.807, 2.05) is 0 Å². The van der Waals surface area contributed by atoms with Gasteiger partial charge in [-0.1, -0.05) is 37.6 Å². The van der Waals surface area contributed by atoms with Gasteiger partial charge >= 0.3 is 0 Å². The van der Waals surface area contributed by atoms with E-state index in [4.69, 9.17) is 0 Å². The minimum atomic E-state index is -0.493. The van der Waals surface area contributed by atoms with Gasteiger partial charge in [0.25, 0.3) is 0 Å². The molecule has 5 rings (SSSR count). The van der Waals surface area contributed by atoms with Gasteiger partial charge in [0.1, 0.15) is 5.82 Å². The first kappa shape index (κ1) is 21.6. The largest absolute Gasteiger partial charge is 0.393 e. The molecule has 0 amide bonds. The molecular weight excluding hydrogens is 387 g/mol. The van der Waals surface area contributed by atoms with Crippen molar-refractivity contribution >= 4 is 0 Å². The van der Waals surface area contributed by atoms with E-state index >= 15 is 0 Å². The zero-order chi connectivity index (χ0) is 21.8. The first-order valence-corrected chi connectivity index (χ1v) is 12.6. The average molecular weight is 427 g/mol. The van der Waals surface area contributed by atoms with E-state index < -0.39 is 6.10 Å². The minimum absolute atomic E-state index is 0.131. The number of fused-ring (bicyclic) bond motifs is 5. The highest BCUT2D eigenvalue weighted by Crippen LogP contribution is 2.66. The van der Waals surface area contributed by atoms with E-state index in [9.17, 15) is 14.6 Å². The Balaban J connectivity index is 1.28. The van der Waals surface area contributed by atoms with E-state index in [-0.39, 0.29) is 11.9 Å². The Bertz CT molecular complexity index is 832. The summed E-state index contributed by atoms with van der Waals surface area (Å²) in [4.78, 5) is 0. The first-order valence-electron chi connectivity index (χ1n) is 12.6. The molecule has 31 heavy (non-hydrogen) atoms.